The smallest absolute Gasteiger partial charge is 0.244 e. The van der Waals surface area contributed by atoms with Crippen molar-refractivity contribution in [2.45, 2.75) is 30.4 Å². The maximum absolute atomic E-state index is 13.0. The fraction of sp³-hybridized carbons (Fsp3) is 0.294. The number of ether oxygens (including phenoxy) is 1. The highest BCUT2D eigenvalue weighted by atomic mass is 32.2. The van der Waals surface area contributed by atoms with Crippen molar-refractivity contribution in [3.05, 3.63) is 54.4 Å². The largest absolute Gasteiger partial charge is 0.487 e. The van der Waals surface area contributed by atoms with E-state index in [-0.39, 0.29) is 17.9 Å². The maximum Gasteiger partial charge on any atom is 0.244 e. The zero-order chi connectivity index (χ0) is 18.0. The van der Waals surface area contributed by atoms with E-state index in [4.69, 9.17) is 10.5 Å². The minimum atomic E-state index is -3.85. The first-order chi connectivity index (χ1) is 11.9. The molecule has 1 amide bonds. The van der Waals surface area contributed by atoms with Crippen LogP contribution in [0, 0.1) is 6.92 Å². The van der Waals surface area contributed by atoms with Crippen molar-refractivity contribution in [1.29, 1.82) is 0 Å². The topological polar surface area (TPSA) is 103 Å². The number of carbonyl (C=O) groups is 1. The van der Waals surface area contributed by atoms with Crippen molar-refractivity contribution in [2.75, 3.05) is 6.54 Å². The Kier molecular flexibility index (Phi) is 4.73. The van der Waals surface area contributed by atoms with Crippen LogP contribution in [-0.2, 0) is 14.8 Å². The van der Waals surface area contributed by atoms with Gasteiger partial charge in [-0.3, -0.25) is 9.78 Å². The number of rotatable bonds is 5. The number of hydrogen-bond acceptors (Lipinski definition) is 5. The predicted molar refractivity (Wildman–Crippen MR) is 91.3 cm³/mol. The number of aryl methyl sites for hydroxylation is 1. The van der Waals surface area contributed by atoms with Gasteiger partial charge >= 0.3 is 0 Å². The molecule has 1 fully saturated rings. The van der Waals surface area contributed by atoms with Gasteiger partial charge in [0, 0.05) is 12.6 Å². The van der Waals surface area contributed by atoms with Gasteiger partial charge < -0.3 is 10.5 Å². The molecule has 25 heavy (non-hydrogen) atoms. The Morgan fingerprint density at radius 3 is 2.68 bits per heavy atom. The highest BCUT2D eigenvalue weighted by Gasteiger charge is 2.44. The van der Waals surface area contributed by atoms with Crippen LogP contribution in [0.3, 0.4) is 0 Å². The molecule has 2 N–H and O–H groups in total. The van der Waals surface area contributed by atoms with Gasteiger partial charge in [-0.05, 0) is 30.7 Å². The summed E-state index contributed by atoms with van der Waals surface area (Å²) >= 11 is 0. The van der Waals surface area contributed by atoms with Gasteiger partial charge in [0.25, 0.3) is 0 Å². The number of nitrogens with zero attached hydrogens (tertiary/aromatic N) is 2. The van der Waals surface area contributed by atoms with Crippen LogP contribution in [0.2, 0.25) is 0 Å². The number of aromatic nitrogens is 1. The number of pyridine rings is 1. The predicted octanol–water partition coefficient (Wildman–Crippen LogP) is 1.09. The van der Waals surface area contributed by atoms with Gasteiger partial charge in [0.05, 0.1) is 17.6 Å². The van der Waals surface area contributed by atoms with Crippen LogP contribution in [0.15, 0.2) is 53.7 Å². The molecular weight excluding hydrogens is 342 g/mol. The molecule has 0 saturated carbocycles. The fourth-order valence-corrected chi connectivity index (χ4v) is 4.83. The van der Waals surface area contributed by atoms with Gasteiger partial charge in [-0.2, -0.15) is 4.31 Å². The molecular formula is C17H19N3O4S. The Balaban J connectivity index is 1.89. The summed E-state index contributed by atoms with van der Waals surface area (Å²) in [4.78, 5) is 16.0. The second kappa shape index (κ2) is 6.81. The van der Waals surface area contributed by atoms with Crippen LogP contribution < -0.4 is 10.5 Å². The highest BCUT2D eigenvalue weighted by Crippen LogP contribution is 2.29. The number of hydrogen-bond donors (Lipinski definition) is 1. The third-order valence-corrected chi connectivity index (χ3v) is 6.20. The normalized spacial score (nSPS) is 21.2. The Morgan fingerprint density at radius 2 is 2.04 bits per heavy atom. The molecule has 1 saturated heterocycles. The fourth-order valence-electron chi connectivity index (χ4n) is 2.96. The lowest BCUT2D eigenvalue weighted by atomic mass is 10.2. The SMILES string of the molecule is Cc1ccccc1S(=O)(=O)N1C[C@@H](Oc2cccnc2)C[C@H]1C(N)=O. The lowest BCUT2D eigenvalue weighted by Crippen LogP contribution is -2.43. The summed E-state index contributed by atoms with van der Waals surface area (Å²) in [6.45, 7) is 1.77. The summed E-state index contributed by atoms with van der Waals surface area (Å²) in [7, 11) is -3.85. The second-order valence-electron chi connectivity index (χ2n) is 5.92. The lowest BCUT2D eigenvalue weighted by Gasteiger charge is -2.22. The number of nitrogens with two attached hydrogens (primary N) is 1. The third kappa shape index (κ3) is 3.49. The van der Waals surface area contributed by atoms with Crippen LogP contribution in [0.1, 0.15) is 12.0 Å². The lowest BCUT2D eigenvalue weighted by molar-refractivity contribution is -0.121. The van der Waals surface area contributed by atoms with Crippen molar-refractivity contribution in [3.63, 3.8) is 0 Å². The molecule has 0 radical (unpaired) electrons. The van der Waals surface area contributed by atoms with Crippen LogP contribution in [0.4, 0.5) is 0 Å². The van der Waals surface area contributed by atoms with E-state index in [0.29, 0.717) is 11.3 Å². The van der Waals surface area contributed by atoms with Gasteiger partial charge in [0.1, 0.15) is 17.9 Å². The molecule has 2 aromatic rings. The Morgan fingerprint density at radius 1 is 1.28 bits per heavy atom. The van der Waals surface area contributed by atoms with Gasteiger partial charge in [-0.15, -0.1) is 0 Å². The summed E-state index contributed by atoms with van der Waals surface area (Å²) in [5.74, 6) is -0.166. The van der Waals surface area contributed by atoms with E-state index in [1.807, 2.05) is 0 Å². The van der Waals surface area contributed by atoms with E-state index in [1.54, 1.807) is 43.5 Å². The molecule has 2 atom stereocenters. The number of carbonyl (C=O) groups excluding carboxylic acids is 1. The van der Waals surface area contributed by atoms with Crippen molar-refractivity contribution >= 4 is 15.9 Å². The summed E-state index contributed by atoms with van der Waals surface area (Å²) in [6, 6.07) is 9.16. The van der Waals surface area contributed by atoms with Crippen LogP contribution >= 0.6 is 0 Å². The van der Waals surface area contributed by atoms with Gasteiger partial charge in [-0.25, -0.2) is 8.42 Å². The van der Waals surface area contributed by atoms with Gasteiger partial charge in [-0.1, -0.05) is 18.2 Å². The first-order valence-electron chi connectivity index (χ1n) is 7.83. The first-order valence-corrected chi connectivity index (χ1v) is 9.27. The number of amides is 1. The quantitative estimate of drug-likeness (QED) is 0.859. The summed E-state index contributed by atoms with van der Waals surface area (Å²) < 4.78 is 32.9. The molecule has 0 spiro atoms. The van der Waals surface area contributed by atoms with E-state index in [0.717, 1.165) is 4.31 Å². The molecule has 132 valence electrons. The summed E-state index contributed by atoms with van der Waals surface area (Å²) in [5, 5.41) is 0. The number of primary amides is 1. The van der Waals surface area contributed by atoms with E-state index >= 15 is 0 Å². The van der Waals surface area contributed by atoms with Crippen molar-refractivity contribution < 1.29 is 17.9 Å². The zero-order valence-corrected chi connectivity index (χ0v) is 14.5. The second-order valence-corrected chi connectivity index (χ2v) is 7.78. The standard InChI is InChI=1S/C17H19N3O4S/c1-12-5-2-3-7-16(12)25(22,23)20-11-14(9-15(20)17(18)21)24-13-6-4-8-19-10-13/h2-8,10,14-15H,9,11H2,1H3,(H2,18,21)/t14-,15-/m0/s1. The van der Waals surface area contributed by atoms with Gasteiger partial charge in [0.2, 0.25) is 15.9 Å². The van der Waals surface area contributed by atoms with Crippen LogP contribution in [-0.4, -0.2) is 42.3 Å². The monoisotopic (exact) mass is 361 g/mol. The number of sulfonamides is 1. The summed E-state index contributed by atoms with van der Waals surface area (Å²) in [6.07, 6.45) is 2.89. The molecule has 1 aliphatic heterocycles. The molecule has 7 nitrogen and oxygen atoms in total. The molecule has 2 heterocycles. The van der Waals surface area contributed by atoms with E-state index in [1.165, 1.54) is 12.3 Å². The summed E-state index contributed by atoms with van der Waals surface area (Å²) in [5.41, 5.74) is 6.06. The molecule has 0 unspecified atom stereocenters. The van der Waals surface area contributed by atoms with Gasteiger partial charge in [0.15, 0.2) is 0 Å². The minimum Gasteiger partial charge on any atom is -0.487 e. The van der Waals surface area contributed by atoms with Crippen molar-refractivity contribution in [3.8, 4) is 5.75 Å². The number of benzene rings is 1. The molecule has 3 rings (SSSR count). The molecule has 8 heteroatoms. The average Bonchev–Trinajstić information content (AvgIpc) is 3.01. The van der Waals surface area contributed by atoms with Crippen LogP contribution in [0.5, 0.6) is 5.75 Å². The zero-order valence-electron chi connectivity index (χ0n) is 13.7. The molecule has 0 bridgehead atoms. The van der Waals surface area contributed by atoms with E-state index < -0.39 is 28.1 Å². The molecule has 1 aromatic heterocycles. The molecule has 1 aliphatic rings. The van der Waals surface area contributed by atoms with E-state index in [9.17, 15) is 13.2 Å². The minimum absolute atomic E-state index is 0.0547. The maximum atomic E-state index is 13.0. The Hall–Kier alpha value is -2.45. The molecule has 1 aromatic carbocycles. The third-order valence-electron chi connectivity index (χ3n) is 4.16. The molecule has 0 aliphatic carbocycles. The van der Waals surface area contributed by atoms with Crippen LogP contribution in [0.25, 0.3) is 0 Å². The highest BCUT2D eigenvalue weighted by molar-refractivity contribution is 7.89. The Bertz CT molecular complexity index is 870. The van der Waals surface area contributed by atoms with Crippen molar-refractivity contribution in [2.24, 2.45) is 5.73 Å². The van der Waals surface area contributed by atoms with Crippen molar-refractivity contribution in [1.82, 2.24) is 9.29 Å². The first kappa shape index (κ1) is 17.4. The average molecular weight is 361 g/mol. The van der Waals surface area contributed by atoms with E-state index in [2.05, 4.69) is 4.98 Å². The Labute approximate surface area is 146 Å².